The number of thioether (sulfide) groups is 2. The number of nitrogens with zero attached hydrogens (tertiary/aromatic N) is 2. The first kappa shape index (κ1) is 14.7. The molecule has 2 aliphatic rings. The van der Waals surface area contributed by atoms with E-state index in [4.69, 9.17) is 9.97 Å². The Morgan fingerprint density at radius 1 is 1.25 bits per heavy atom. The van der Waals surface area contributed by atoms with Gasteiger partial charge in [-0.3, -0.25) is 0 Å². The molecular weight excluding hydrogens is 286 g/mol. The van der Waals surface area contributed by atoms with Gasteiger partial charge in [0, 0.05) is 35.0 Å². The quantitative estimate of drug-likeness (QED) is 0.903. The fourth-order valence-corrected chi connectivity index (χ4v) is 5.55. The Labute approximate surface area is 130 Å². The molecular formula is C15H23N3S2. The van der Waals surface area contributed by atoms with Crippen LogP contribution in [0.4, 0.5) is 0 Å². The van der Waals surface area contributed by atoms with Gasteiger partial charge >= 0.3 is 0 Å². The second kappa shape index (κ2) is 6.67. The molecule has 2 unspecified atom stereocenters. The molecule has 1 N–H and O–H groups in total. The van der Waals surface area contributed by atoms with Crippen LogP contribution in [0.2, 0.25) is 0 Å². The van der Waals surface area contributed by atoms with Gasteiger partial charge in [-0.15, -0.1) is 11.8 Å². The number of nitrogens with one attached hydrogen (secondary N) is 1. The molecule has 5 heteroatoms. The number of aromatic nitrogens is 2. The molecule has 0 spiro atoms. The van der Waals surface area contributed by atoms with Gasteiger partial charge in [-0.25, -0.2) is 9.97 Å². The molecule has 1 aromatic heterocycles. The van der Waals surface area contributed by atoms with Crippen molar-refractivity contribution in [2.24, 2.45) is 0 Å². The highest BCUT2D eigenvalue weighted by atomic mass is 32.2. The third-order valence-corrected chi connectivity index (χ3v) is 7.02. The van der Waals surface area contributed by atoms with Crippen LogP contribution >= 0.6 is 23.5 Å². The summed E-state index contributed by atoms with van der Waals surface area (Å²) in [5.41, 5.74) is 2.26. The summed E-state index contributed by atoms with van der Waals surface area (Å²) in [4.78, 5) is 9.57. The Morgan fingerprint density at radius 2 is 2.05 bits per heavy atom. The standard InChI is InChI=1S/C15H23N3S2/c1-3-13-14(20-7-6-19-13)15-17-10(2)8-12(18-15)9-16-11-4-5-11/h8,11,13-14,16H,3-7,9H2,1-2H3. The van der Waals surface area contributed by atoms with E-state index in [1.54, 1.807) is 0 Å². The Bertz CT molecular complexity index is 462. The summed E-state index contributed by atoms with van der Waals surface area (Å²) in [7, 11) is 0. The summed E-state index contributed by atoms with van der Waals surface area (Å²) < 4.78 is 0. The van der Waals surface area contributed by atoms with Crippen LogP contribution in [-0.4, -0.2) is 32.8 Å². The van der Waals surface area contributed by atoms with Crippen molar-refractivity contribution in [3.63, 3.8) is 0 Å². The van der Waals surface area contributed by atoms with Crippen molar-refractivity contribution in [2.45, 2.75) is 56.2 Å². The number of hydrogen-bond acceptors (Lipinski definition) is 5. The van der Waals surface area contributed by atoms with Crippen LogP contribution in [0, 0.1) is 6.92 Å². The Balaban J connectivity index is 1.76. The normalized spacial score (nSPS) is 26.7. The van der Waals surface area contributed by atoms with E-state index in [1.807, 2.05) is 11.8 Å². The van der Waals surface area contributed by atoms with E-state index in [9.17, 15) is 0 Å². The number of hydrogen-bond donors (Lipinski definition) is 1. The van der Waals surface area contributed by atoms with Gasteiger partial charge in [-0.2, -0.15) is 11.8 Å². The first-order valence-corrected chi connectivity index (χ1v) is 9.67. The SMILES string of the molecule is CCC1SCCSC1c1nc(C)cc(CNC2CC2)n1. The van der Waals surface area contributed by atoms with Gasteiger partial charge in [0.1, 0.15) is 5.82 Å². The number of rotatable bonds is 5. The molecule has 2 heterocycles. The van der Waals surface area contributed by atoms with Crippen molar-refractivity contribution in [3.05, 3.63) is 23.3 Å². The first-order valence-electron chi connectivity index (χ1n) is 7.57. The largest absolute Gasteiger partial charge is 0.308 e. The molecule has 1 aliphatic heterocycles. The Morgan fingerprint density at radius 3 is 2.80 bits per heavy atom. The van der Waals surface area contributed by atoms with E-state index in [0.717, 1.165) is 29.8 Å². The van der Waals surface area contributed by atoms with E-state index < -0.39 is 0 Å². The van der Waals surface area contributed by atoms with E-state index in [2.05, 4.69) is 37.0 Å². The van der Waals surface area contributed by atoms with Crippen LogP contribution in [0.15, 0.2) is 6.07 Å². The minimum atomic E-state index is 0.471. The lowest BCUT2D eigenvalue weighted by molar-refractivity contribution is 0.659. The lowest BCUT2D eigenvalue weighted by atomic mass is 10.2. The number of aryl methyl sites for hydroxylation is 1. The first-order chi connectivity index (χ1) is 9.76. The summed E-state index contributed by atoms with van der Waals surface area (Å²) in [6.07, 6.45) is 3.85. The molecule has 0 bridgehead atoms. The predicted molar refractivity (Wildman–Crippen MR) is 88.4 cm³/mol. The minimum absolute atomic E-state index is 0.471. The van der Waals surface area contributed by atoms with Gasteiger partial charge in [0.05, 0.1) is 10.9 Å². The van der Waals surface area contributed by atoms with Crippen molar-refractivity contribution in [1.29, 1.82) is 0 Å². The molecule has 110 valence electrons. The minimum Gasteiger partial charge on any atom is -0.308 e. The molecule has 0 radical (unpaired) electrons. The van der Waals surface area contributed by atoms with Crippen LogP contribution in [0.3, 0.4) is 0 Å². The van der Waals surface area contributed by atoms with Gasteiger partial charge in [-0.05, 0) is 32.3 Å². The van der Waals surface area contributed by atoms with Gasteiger partial charge < -0.3 is 5.32 Å². The maximum Gasteiger partial charge on any atom is 0.142 e. The van der Waals surface area contributed by atoms with Crippen LogP contribution in [0.1, 0.15) is 48.6 Å². The fourth-order valence-electron chi connectivity index (χ4n) is 2.55. The zero-order chi connectivity index (χ0) is 13.9. The van der Waals surface area contributed by atoms with Gasteiger partial charge in [0.15, 0.2) is 0 Å². The zero-order valence-corrected chi connectivity index (χ0v) is 13.9. The highest BCUT2D eigenvalue weighted by molar-refractivity contribution is 8.06. The summed E-state index contributed by atoms with van der Waals surface area (Å²) in [6, 6.07) is 2.86. The van der Waals surface area contributed by atoms with Crippen LogP contribution in [-0.2, 0) is 6.54 Å². The molecule has 1 aliphatic carbocycles. The molecule has 1 saturated carbocycles. The predicted octanol–water partition coefficient (Wildman–Crippen LogP) is 3.34. The highest BCUT2D eigenvalue weighted by Gasteiger charge is 2.29. The highest BCUT2D eigenvalue weighted by Crippen LogP contribution is 2.42. The van der Waals surface area contributed by atoms with Crippen molar-refractivity contribution in [1.82, 2.24) is 15.3 Å². The van der Waals surface area contributed by atoms with E-state index in [1.165, 1.54) is 30.8 Å². The summed E-state index contributed by atoms with van der Waals surface area (Å²) in [5.74, 6) is 3.54. The average molecular weight is 310 g/mol. The van der Waals surface area contributed by atoms with Crippen molar-refractivity contribution in [2.75, 3.05) is 11.5 Å². The van der Waals surface area contributed by atoms with Gasteiger partial charge in [0.25, 0.3) is 0 Å². The maximum atomic E-state index is 4.85. The third kappa shape index (κ3) is 3.68. The molecule has 3 nitrogen and oxygen atoms in total. The van der Waals surface area contributed by atoms with Crippen LogP contribution < -0.4 is 5.32 Å². The van der Waals surface area contributed by atoms with Crippen molar-refractivity contribution in [3.8, 4) is 0 Å². The second-order valence-electron chi connectivity index (χ2n) is 5.62. The molecule has 0 aromatic carbocycles. The fraction of sp³-hybridized carbons (Fsp3) is 0.733. The lowest BCUT2D eigenvalue weighted by Crippen LogP contribution is -2.22. The molecule has 2 fully saturated rings. The van der Waals surface area contributed by atoms with Crippen molar-refractivity contribution < 1.29 is 0 Å². The topological polar surface area (TPSA) is 37.8 Å². The van der Waals surface area contributed by atoms with Gasteiger partial charge in [-0.1, -0.05) is 6.92 Å². The average Bonchev–Trinajstić information content (AvgIpc) is 3.29. The lowest BCUT2D eigenvalue weighted by Gasteiger charge is -2.29. The smallest absolute Gasteiger partial charge is 0.142 e. The Kier molecular flexibility index (Phi) is 4.89. The van der Waals surface area contributed by atoms with E-state index >= 15 is 0 Å². The molecule has 1 saturated heterocycles. The van der Waals surface area contributed by atoms with Gasteiger partial charge in [0.2, 0.25) is 0 Å². The van der Waals surface area contributed by atoms with E-state index in [-0.39, 0.29) is 0 Å². The molecule has 1 aromatic rings. The molecule has 0 amide bonds. The summed E-state index contributed by atoms with van der Waals surface area (Å²) >= 11 is 4.13. The maximum absolute atomic E-state index is 4.85. The molecule has 3 rings (SSSR count). The zero-order valence-electron chi connectivity index (χ0n) is 12.3. The van der Waals surface area contributed by atoms with Crippen LogP contribution in [0.25, 0.3) is 0 Å². The Hall–Kier alpha value is -0.260. The van der Waals surface area contributed by atoms with Crippen LogP contribution in [0.5, 0.6) is 0 Å². The van der Waals surface area contributed by atoms with E-state index in [0.29, 0.717) is 10.5 Å². The molecule has 20 heavy (non-hydrogen) atoms. The second-order valence-corrected chi connectivity index (χ2v) is 8.22. The van der Waals surface area contributed by atoms with Crippen molar-refractivity contribution >= 4 is 23.5 Å². The molecule has 2 atom stereocenters. The monoisotopic (exact) mass is 309 g/mol. The summed E-state index contributed by atoms with van der Waals surface area (Å²) in [6.45, 7) is 5.26. The third-order valence-electron chi connectivity index (χ3n) is 3.78. The summed E-state index contributed by atoms with van der Waals surface area (Å²) in [5, 5.41) is 4.69.